The SMILES string of the molecule is O=C(Cn1ccc2cc(Br)ccc21)NCCCc1ccco1. The Hall–Kier alpha value is -2.01. The number of carbonyl (C=O) groups is 1. The van der Waals surface area contributed by atoms with Gasteiger partial charge in [0.25, 0.3) is 0 Å². The normalized spacial score (nSPS) is 11.0. The largest absolute Gasteiger partial charge is 0.469 e. The molecule has 1 aromatic carbocycles. The Labute approximate surface area is 137 Å². The van der Waals surface area contributed by atoms with E-state index >= 15 is 0 Å². The van der Waals surface area contributed by atoms with E-state index in [0.29, 0.717) is 13.1 Å². The fourth-order valence-electron chi connectivity index (χ4n) is 2.46. The molecule has 0 spiro atoms. The molecule has 2 aromatic heterocycles. The number of nitrogens with one attached hydrogen (secondary N) is 1. The second-order valence-corrected chi connectivity index (χ2v) is 6.10. The molecule has 0 saturated carbocycles. The summed E-state index contributed by atoms with van der Waals surface area (Å²) in [6.07, 6.45) is 5.33. The van der Waals surface area contributed by atoms with Crippen molar-refractivity contribution in [2.45, 2.75) is 19.4 Å². The van der Waals surface area contributed by atoms with Crippen LogP contribution in [-0.4, -0.2) is 17.0 Å². The molecule has 0 aliphatic heterocycles. The fourth-order valence-corrected chi connectivity index (χ4v) is 2.84. The van der Waals surface area contributed by atoms with Crippen LogP contribution in [0.25, 0.3) is 10.9 Å². The van der Waals surface area contributed by atoms with E-state index in [9.17, 15) is 4.79 Å². The van der Waals surface area contributed by atoms with Gasteiger partial charge in [-0.1, -0.05) is 15.9 Å². The molecule has 0 atom stereocenters. The first-order chi connectivity index (χ1) is 10.7. The minimum atomic E-state index is 0.0277. The smallest absolute Gasteiger partial charge is 0.239 e. The number of nitrogens with zero attached hydrogens (tertiary/aromatic N) is 1. The van der Waals surface area contributed by atoms with Crippen LogP contribution in [-0.2, 0) is 17.8 Å². The van der Waals surface area contributed by atoms with Gasteiger partial charge in [0.2, 0.25) is 5.91 Å². The Balaban J connectivity index is 1.50. The van der Waals surface area contributed by atoms with Crippen LogP contribution in [0.2, 0.25) is 0 Å². The number of hydrogen-bond acceptors (Lipinski definition) is 2. The summed E-state index contributed by atoms with van der Waals surface area (Å²) in [6, 6.07) is 11.9. The van der Waals surface area contributed by atoms with Crippen molar-refractivity contribution in [3.05, 3.63) is 59.1 Å². The van der Waals surface area contributed by atoms with Crippen molar-refractivity contribution >= 4 is 32.7 Å². The molecule has 5 heteroatoms. The van der Waals surface area contributed by atoms with Crippen molar-refractivity contribution in [2.75, 3.05) is 6.54 Å². The number of halogens is 1. The minimum absolute atomic E-state index is 0.0277. The third-order valence-electron chi connectivity index (χ3n) is 3.55. The summed E-state index contributed by atoms with van der Waals surface area (Å²) in [5.41, 5.74) is 1.06. The highest BCUT2D eigenvalue weighted by Gasteiger charge is 2.06. The first kappa shape index (κ1) is 14.9. The quantitative estimate of drug-likeness (QED) is 0.680. The molecular weight excluding hydrogens is 344 g/mol. The first-order valence-electron chi connectivity index (χ1n) is 7.26. The van der Waals surface area contributed by atoms with Crippen molar-refractivity contribution in [3.63, 3.8) is 0 Å². The van der Waals surface area contributed by atoms with Gasteiger partial charge in [0, 0.05) is 34.5 Å². The number of rotatable bonds is 6. The number of aromatic nitrogens is 1. The van der Waals surface area contributed by atoms with Gasteiger partial charge in [0.05, 0.1) is 6.26 Å². The number of carbonyl (C=O) groups excluding carboxylic acids is 1. The van der Waals surface area contributed by atoms with Crippen LogP contribution in [0.1, 0.15) is 12.2 Å². The lowest BCUT2D eigenvalue weighted by Crippen LogP contribution is -2.28. The molecular formula is C17H17BrN2O2. The van der Waals surface area contributed by atoms with Crippen LogP contribution in [0.15, 0.2) is 57.7 Å². The summed E-state index contributed by atoms with van der Waals surface area (Å²) in [6.45, 7) is 0.996. The Bertz CT molecular complexity index is 762. The van der Waals surface area contributed by atoms with Gasteiger partial charge in [-0.25, -0.2) is 0 Å². The summed E-state index contributed by atoms with van der Waals surface area (Å²) >= 11 is 3.45. The van der Waals surface area contributed by atoms with Crippen LogP contribution in [0.5, 0.6) is 0 Å². The molecule has 0 aliphatic rings. The predicted molar refractivity (Wildman–Crippen MR) is 89.7 cm³/mol. The molecule has 114 valence electrons. The van der Waals surface area contributed by atoms with E-state index in [0.717, 1.165) is 34.0 Å². The van der Waals surface area contributed by atoms with Gasteiger partial charge >= 0.3 is 0 Å². The summed E-state index contributed by atoms with van der Waals surface area (Å²) in [5, 5.41) is 4.07. The fraction of sp³-hybridized carbons (Fsp3) is 0.235. The third kappa shape index (κ3) is 3.60. The van der Waals surface area contributed by atoms with E-state index in [-0.39, 0.29) is 5.91 Å². The van der Waals surface area contributed by atoms with Crippen molar-refractivity contribution in [1.82, 2.24) is 9.88 Å². The van der Waals surface area contributed by atoms with Crippen molar-refractivity contribution in [2.24, 2.45) is 0 Å². The van der Waals surface area contributed by atoms with Gasteiger partial charge in [-0.05, 0) is 42.8 Å². The Morgan fingerprint density at radius 3 is 3.00 bits per heavy atom. The maximum Gasteiger partial charge on any atom is 0.239 e. The zero-order valence-electron chi connectivity index (χ0n) is 12.1. The zero-order chi connectivity index (χ0) is 15.4. The zero-order valence-corrected chi connectivity index (χ0v) is 13.7. The van der Waals surface area contributed by atoms with E-state index in [1.807, 2.05) is 47.2 Å². The molecule has 0 saturated heterocycles. The molecule has 0 fully saturated rings. The van der Waals surface area contributed by atoms with Crippen LogP contribution in [0.4, 0.5) is 0 Å². The molecule has 0 aliphatic carbocycles. The maximum absolute atomic E-state index is 12.0. The van der Waals surface area contributed by atoms with Crippen molar-refractivity contribution in [1.29, 1.82) is 0 Å². The maximum atomic E-state index is 12.0. The lowest BCUT2D eigenvalue weighted by atomic mass is 10.2. The van der Waals surface area contributed by atoms with E-state index < -0.39 is 0 Å². The highest BCUT2D eigenvalue weighted by atomic mass is 79.9. The summed E-state index contributed by atoms with van der Waals surface area (Å²) < 4.78 is 8.27. The number of furan rings is 1. The molecule has 0 radical (unpaired) electrons. The number of hydrogen-bond donors (Lipinski definition) is 1. The molecule has 22 heavy (non-hydrogen) atoms. The Kier molecular flexibility index (Phi) is 4.63. The molecule has 4 nitrogen and oxygen atoms in total. The van der Waals surface area contributed by atoms with Crippen molar-refractivity contribution < 1.29 is 9.21 Å². The van der Waals surface area contributed by atoms with Gasteiger partial charge in [-0.15, -0.1) is 0 Å². The van der Waals surface area contributed by atoms with E-state index in [2.05, 4.69) is 21.2 Å². The highest BCUT2D eigenvalue weighted by Crippen LogP contribution is 2.20. The van der Waals surface area contributed by atoms with Gasteiger partial charge in [0.1, 0.15) is 12.3 Å². The molecule has 3 rings (SSSR count). The second kappa shape index (κ2) is 6.83. The number of fused-ring (bicyclic) bond motifs is 1. The molecule has 2 heterocycles. The summed E-state index contributed by atoms with van der Waals surface area (Å²) in [4.78, 5) is 12.0. The van der Waals surface area contributed by atoms with Gasteiger partial charge < -0.3 is 14.3 Å². The average Bonchev–Trinajstić information content (AvgIpc) is 3.14. The highest BCUT2D eigenvalue weighted by molar-refractivity contribution is 9.10. The molecule has 0 unspecified atom stereocenters. The molecule has 1 N–H and O–H groups in total. The van der Waals surface area contributed by atoms with Crippen LogP contribution in [0, 0.1) is 0 Å². The van der Waals surface area contributed by atoms with E-state index in [1.165, 1.54) is 0 Å². The topological polar surface area (TPSA) is 47.2 Å². The van der Waals surface area contributed by atoms with Gasteiger partial charge in [0.15, 0.2) is 0 Å². The standard InChI is InChI=1S/C17H17BrN2O2/c18-14-5-6-16-13(11-14)7-9-20(16)12-17(21)19-8-1-3-15-4-2-10-22-15/h2,4-7,9-11H,1,3,8,12H2,(H,19,21). The van der Waals surface area contributed by atoms with E-state index in [1.54, 1.807) is 6.26 Å². The van der Waals surface area contributed by atoms with Gasteiger partial charge in [-0.2, -0.15) is 0 Å². The lowest BCUT2D eigenvalue weighted by Gasteiger charge is -2.07. The predicted octanol–water partition coefficient (Wildman–Crippen LogP) is 3.75. The summed E-state index contributed by atoms with van der Waals surface area (Å²) in [5.74, 6) is 0.982. The molecule has 1 amide bonds. The number of amides is 1. The minimum Gasteiger partial charge on any atom is -0.469 e. The second-order valence-electron chi connectivity index (χ2n) is 5.18. The monoisotopic (exact) mass is 360 g/mol. The van der Waals surface area contributed by atoms with Crippen LogP contribution in [0.3, 0.4) is 0 Å². The molecule has 3 aromatic rings. The summed E-state index contributed by atoms with van der Waals surface area (Å²) in [7, 11) is 0. The average molecular weight is 361 g/mol. The van der Waals surface area contributed by atoms with Crippen molar-refractivity contribution in [3.8, 4) is 0 Å². The Morgan fingerprint density at radius 2 is 2.18 bits per heavy atom. The number of aryl methyl sites for hydroxylation is 1. The number of benzene rings is 1. The van der Waals surface area contributed by atoms with E-state index in [4.69, 9.17) is 4.42 Å². The first-order valence-corrected chi connectivity index (χ1v) is 8.05. The molecule has 0 bridgehead atoms. The third-order valence-corrected chi connectivity index (χ3v) is 4.04. The lowest BCUT2D eigenvalue weighted by molar-refractivity contribution is -0.121. The van der Waals surface area contributed by atoms with Crippen LogP contribution < -0.4 is 5.32 Å². The Morgan fingerprint density at radius 1 is 1.27 bits per heavy atom. The van der Waals surface area contributed by atoms with Gasteiger partial charge in [-0.3, -0.25) is 4.79 Å². The van der Waals surface area contributed by atoms with Crippen LogP contribution >= 0.6 is 15.9 Å².